The summed E-state index contributed by atoms with van der Waals surface area (Å²) in [6, 6.07) is 7.80. The average Bonchev–Trinajstić information content (AvgIpc) is 2.34. The van der Waals surface area contributed by atoms with Crippen LogP contribution in [0, 0.1) is 11.3 Å². The first-order valence-electron chi connectivity index (χ1n) is 5.85. The molecule has 0 unspecified atom stereocenters. The summed E-state index contributed by atoms with van der Waals surface area (Å²) in [5.41, 5.74) is 1.42. The van der Waals surface area contributed by atoms with Crippen molar-refractivity contribution in [3.05, 3.63) is 28.2 Å². The number of hydrogen-bond donors (Lipinski definition) is 2. The van der Waals surface area contributed by atoms with E-state index in [1.807, 2.05) is 12.1 Å². The highest BCUT2D eigenvalue weighted by Crippen LogP contribution is 2.25. The van der Waals surface area contributed by atoms with Crippen molar-refractivity contribution in [1.29, 1.82) is 5.26 Å². The van der Waals surface area contributed by atoms with Gasteiger partial charge in [0.2, 0.25) is 0 Å². The van der Waals surface area contributed by atoms with Gasteiger partial charge in [-0.1, -0.05) is 28.8 Å². The van der Waals surface area contributed by atoms with Crippen LogP contribution in [0.3, 0.4) is 0 Å². The minimum Gasteiger partial charge on any atom is -0.391 e. The molecule has 0 amide bonds. The van der Waals surface area contributed by atoms with Crippen LogP contribution in [0.25, 0.3) is 0 Å². The molecule has 2 atom stereocenters. The molecule has 1 aliphatic carbocycles. The summed E-state index contributed by atoms with van der Waals surface area (Å²) in [4.78, 5) is 0. The molecule has 2 rings (SSSR count). The molecular formula is C13H15BrN2O. The Kier molecular flexibility index (Phi) is 4.03. The molecule has 0 aromatic heterocycles. The monoisotopic (exact) mass is 294 g/mol. The molecule has 0 saturated heterocycles. The highest BCUT2D eigenvalue weighted by molar-refractivity contribution is 9.10. The van der Waals surface area contributed by atoms with E-state index in [2.05, 4.69) is 27.3 Å². The van der Waals surface area contributed by atoms with E-state index in [-0.39, 0.29) is 12.1 Å². The molecule has 1 saturated carbocycles. The van der Waals surface area contributed by atoms with Crippen LogP contribution in [0.1, 0.15) is 31.2 Å². The smallest absolute Gasteiger partial charge is 0.101 e. The van der Waals surface area contributed by atoms with Crippen molar-refractivity contribution < 1.29 is 5.11 Å². The summed E-state index contributed by atoms with van der Waals surface area (Å²) in [6.45, 7) is 0. The Balaban J connectivity index is 2.15. The average molecular weight is 295 g/mol. The molecule has 90 valence electrons. The van der Waals surface area contributed by atoms with Crippen LogP contribution in [-0.4, -0.2) is 17.3 Å². The van der Waals surface area contributed by atoms with Crippen molar-refractivity contribution in [3.63, 3.8) is 0 Å². The molecule has 0 aliphatic heterocycles. The quantitative estimate of drug-likeness (QED) is 0.881. The Hall–Kier alpha value is -1.05. The van der Waals surface area contributed by atoms with Crippen molar-refractivity contribution in [2.75, 3.05) is 5.32 Å². The Morgan fingerprint density at radius 3 is 2.82 bits per heavy atom. The maximum Gasteiger partial charge on any atom is 0.101 e. The first kappa shape index (κ1) is 12.4. The predicted molar refractivity (Wildman–Crippen MR) is 70.7 cm³/mol. The minimum atomic E-state index is -0.307. The Bertz CT molecular complexity index is 442. The van der Waals surface area contributed by atoms with Gasteiger partial charge in [-0.05, 0) is 31.0 Å². The van der Waals surface area contributed by atoms with Gasteiger partial charge in [-0.25, -0.2) is 0 Å². The molecule has 0 bridgehead atoms. The van der Waals surface area contributed by atoms with E-state index < -0.39 is 0 Å². The lowest BCUT2D eigenvalue weighted by atomic mass is 9.92. The molecule has 1 aromatic rings. The summed E-state index contributed by atoms with van der Waals surface area (Å²) >= 11 is 3.35. The van der Waals surface area contributed by atoms with Crippen LogP contribution in [0.2, 0.25) is 0 Å². The third-order valence-electron chi connectivity index (χ3n) is 3.17. The molecule has 17 heavy (non-hydrogen) atoms. The number of nitriles is 1. The fourth-order valence-corrected chi connectivity index (χ4v) is 2.58. The summed E-state index contributed by atoms with van der Waals surface area (Å²) < 4.78 is 0.892. The van der Waals surface area contributed by atoms with Crippen molar-refractivity contribution in [2.24, 2.45) is 0 Å². The van der Waals surface area contributed by atoms with Crippen molar-refractivity contribution >= 4 is 21.6 Å². The first-order valence-corrected chi connectivity index (χ1v) is 6.64. The van der Waals surface area contributed by atoms with E-state index in [1.165, 1.54) is 0 Å². The number of benzene rings is 1. The Labute approximate surface area is 110 Å². The Morgan fingerprint density at radius 2 is 2.12 bits per heavy atom. The van der Waals surface area contributed by atoms with Gasteiger partial charge in [-0.2, -0.15) is 5.26 Å². The van der Waals surface area contributed by atoms with Gasteiger partial charge in [-0.15, -0.1) is 0 Å². The number of halogens is 1. The SMILES string of the molecule is N#Cc1cc(Br)ccc1N[C@@H]1CCCC[C@H]1O. The molecule has 0 spiro atoms. The zero-order valence-electron chi connectivity index (χ0n) is 9.49. The molecule has 0 radical (unpaired) electrons. The second kappa shape index (κ2) is 5.52. The van der Waals surface area contributed by atoms with Crippen LogP contribution in [-0.2, 0) is 0 Å². The van der Waals surface area contributed by atoms with Gasteiger partial charge in [0.05, 0.1) is 23.4 Å². The number of rotatable bonds is 2. The van der Waals surface area contributed by atoms with Gasteiger partial charge in [0.15, 0.2) is 0 Å². The summed E-state index contributed by atoms with van der Waals surface area (Å²) in [7, 11) is 0. The van der Waals surface area contributed by atoms with Gasteiger partial charge in [-0.3, -0.25) is 0 Å². The van der Waals surface area contributed by atoms with Gasteiger partial charge < -0.3 is 10.4 Å². The standard InChI is InChI=1S/C13H15BrN2O/c14-10-5-6-11(9(7-10)8-15)16-12-3-1-2-4-13(12)17/h5-7,12-13,16-17H,1-4H2/t12-,13-/m1/s1. The Morgan fingerprint density at radius 1 is 1.35 bits per heavy atom. The van der Waals surface area contributed by atoms with E-state index >= 15 is 0 Å². The third kappa shape index (κ3) is 2.99. The van der Waals surface area contributed by atoms with Crippen LogP contribution < -0.4 is 5.32 Å². The normalized spacial score (nSPS) is 24.1. The molecule has 3 nitrogen and oxygen atoms in total. The molecule has 1 fully saturated rings. The zero-order chi connectivity index (χ0) is 12.3. The summed E-state index contributed by atoms with van der Waals surface area (Å²) in [5, 5.41) is 22.2. The van der Waals surface area contributed by atoms with E-state index in [1.54, 1.807) is 6.07 Å². The highest BCUT2D eigenvalue weighted by atomic mass is 79.9. The van der Waals surface area contributed by atoms with Gasteiger partial charge in [0, 0.05) is 4.47 Å². The van der Waals surface area contributed by atoms with Gasteiger partial charge in [0.1, 0.15) is 6.07 Å². The first-order chi connectivity index (χ1) is 8.20. The number of anilines is 1. The molecular weight excluding hydrogens is 280 g/mol. The third-order valence-corrected chi connectivity index (χ3v) is 3.67. The minimum absolute atomic E-state index is 0.0667. The van der Waals surface area contributed by atoms with Crippen LogP contribution >= 0.6 is 15.9 Å². The van der Waals surface area contributed by atoms with E-state index in [9.17, 15) is 5.11 Å². The van der Waals surface area contributed by atoms with E-state index in [4.69, 9.17) is 5.26 Å². The number of hydrogen-bond acceptors (Lipinski definition) is 3. The maximum absolute atomic E-state index is 9.89. The predicted octanol–water partition coefficient (Wildman–Crippen LogP) is 3.04. The largest absolute Gasteiger partial charge is 0.391 e. The lowest BCUT2D eigenvalue weighted by molar-refractivity contribution is 0.116. The fourth-order valence-electron chi connectivity index (χ4n) is 2.21. The molecule has 1 aliphatic rings. The van der Waals surface area contributed by atoms with E-state index in [0.29, 0.717) is 5.56 Å². The summed E-state index contributed by atoms with van der Waals surface area (Å²) in [5.74, 6) is 0. The molecule has 0 heterocycles. The fraction of sp³-hybridized carbons (Fsp3) is 0.462. The maximum atomic E-state index is 9.89. The second-order valence-electron chi connectivity index (χ2n) is 4.40. The van der Waals surface area contributed by atoms with Crippen LogP contribution in [0.15, 0.2) is 22.7 Å². The second-order valence-corrected chi connectivity index (χ2v) is 5.32. The van der Waals surface area contributed by atoms with Crippen molar-refractivity contribution in [1.82, 2.24) is 0 Å². The number of aliphatic hydroxyl groups excluding tert-OH is 1. The van der Waals surface area contributed by atoms with Crippen molar-refractivity contribution in [2.45, 2.75) is 37.8 Å². The number of aliphatic hydroxyl groups is 1. The molecule has 1 aromatic carbocycles. The van der Waals surface area contributed by atoms with E-state index in [0.717, 1.165) is 35.8 Å². The van der Waals surface area contributed by atoms with Gasteiger partial charge in [0.25, 0.3) is 0 Å². The number of nitrogens with one attached hydrogen (secondary N) is 1. The van der Waals surface area contributed by atoms with Crippen LogP contribution in [0.5, 0.6) is 0 Å². The topological polar surface area (TPSA) is 56.0 Å². The lowest BCUT2D eigenvalue weighted by Crippen LogP contribution is -2.36. The van der Waals surface area contributed by atoms with Gasteiger partial charge >= 0.3 is 0 Å². The number of nitrogens with zero attached hydrogens (tertiary/aromatic N) is 1. The molecule has 4 heteroatoms. The molecule has 2 N–H and O–H groups in total. The van der Waals surface area contributed by atoms with Crippen LogP contribution in [0.4, 0.5) is 5.69 Å². The lowest BCUT2D eigenvalue weighted by Gasteiger charge is -2.29. The highest BCUT2D eigenvalue weighted by Gasteiger charge is 2.23. The van der Waals surface area contributed by atoms with Crippen molar-refractivity contribution in [3.8, 4) is 6.07 Å². The summed E-state index contributed by atoms with van der Waals surface area (Å²) in [6.07, 6.45) is 3.72. The zero-order valence-corrected chi connectivity index (χ0v) is 11.1.